The third kappa shape index (κ3) is 6.68. The maximum Gasteiger partial charge on any atom is 0.200 e. The zero-order valence-electron chi connectivity index (χ0n) is 16.7. The molecule has 0 bridgehead atoms. The Hall–Kier alpha value is -0.903. The minimum Gasteiger partial charge on any atom is -0.491 e. The van der Waals surface area contributed by atoms with Gasteiger partial charge in [-0.1, -0.05) is 76.1 Å². The van der Waals surface area contributed by atoms with Gasteiger partial charge < -0.3 is 4.74 Å². The van der Waals surface area contributed by atoms with Gasteiger partial charge in [0.25, 0.3) is 0 Å². The van der Waals surface area contributed by atoms with Crippen molar-refractivity contribution in [2.75, 3.05) is 6.61 Å². The van der Waals surface area contributed by atoms with Crippen LogP contribution in [0.4, 0.5) is 8.78 Å². The summed E-state index contributed by atoms with van der Waals surface area (Å²) < 4.78 is 33.1. The Bertz CT molecular complexity index is 527. The lowest BCUT2D eigenvalue weighted by Crippen LogP contribution is -2.21. The van der Waals surface area contributed by atoms with Gasteiger partial charge >= 0.3 is 0 Å². The lowest BCUT2D eigenvalue weighted by molar-refractivity contribution is 0.313. The van der Waals surface area contributed by atoms with Crippen LogP contribution in [0.5, 0.6) is 5.75 Å². The Kier molecular flexibility index (Phi) is 9.66. The van der Waals surface area contributed by atoms with Gasteiger partial charge in [0.2, 0.25) is 5.82 Å². The summed E-state index contributed by atoms with van der Waals surface area (Å²) in [4.78, 5) is 0. The first-order valence-corrected chi connectivity index (χ1v) is 13.2. The molecule has 0 aliphatic carbocycles. The maximum atomic E-state index is 14.1. The number of hydrogen-bond acceptors (Lipinski definition) is 1. The molecule has 1 aliphatic heterocycles. The number of benzene rings is 1. The summed E-state index contributed by atoms with van der Waals surface area (Å²) in [6.07, 6.45) is 11.0. The number of ether oxygens (including phenoxy) is 1. The largest absolute Gasteiger partial charge is 0.491 e. The van der Waals surface area contributed by atoms with Gasteiger partial charge in [-0.15, -0.1) is 0 Å². The molecule has 0 saturated carbocycles. The number of unbranched alkanes of at least 4 members (excludes halogenated alkanes) is 3. The number of aryl methyl sites for hydroxylation is 1. The summed E-state index contributed by atoms with van der Waals surface area (Å²) in [5.41, 5.74) is 0.484. The van der Waals surface area contributed by atoms with E-state index in [-0.39, 0.29) is 5.75 Å². The fraction of sp³-hybridized carbons (Fsp3) is 0.727. The minimum atomic E-state index is -0.837. The van der Waals surface area contributed by atoms with Crippen molar-refractivity contribution in [3.63, 3.8) is 0 Å². The van der Waals surface area contributed by atoms with Crippen LogP contribution in [0.3, 0.4) is 0 Å². The van der Waals surface area contributed by atoms with Gasteiger partial charge in [0.15, 0.2) is 11.6 Å². The van der Waals surface area contributed by atoms with Crippen molar-refractivity contribution in [1.82, 2.24) is 0 Å². The average molecular weight is 383 g/mol. The lowest BCUT2D eigenvalue weighted by atomic mass is 9.94. The molecule has 0 amide bonds. The quantitative estimate of drug-likeness (QED) is 0.299. The summed E-state index contributed by atoms with van der Waals surface area (Å²) >= 11 is 0. The van der Waals surface area contributed by atoms with Gasteiger partial charge in [-0.25, -0.2) is 4.39 Å². The Morgan fingerprint density at radius 1 is 1.00 bits per heavy atom. The van der Waals surface area contributed by atoms with Gasteiger partial charge in [-0.2, -0.15) is 4.39 Å². The zero-order chi connectivity index (χ0) is 18.8. The van der Waals surface area contributed by atoms with Gasteiger partial charge in [0, 0.05) is 8.80 Å². The molecule has 1 fully saturated rings. The molecule has 0 spiro atoms. The first kappa shape index (κ1) is 21.4. The van der Waals surface area contributed by atoms with Gasteiger partial charge in [-0.3, -0.25) is 0 Å². The Morgan fingerprint density at radius 3 is 2.46 bits per heavy atom. The molecule has 1 nitrogen and oxygen atoms in total. The second-order valence-corrected chi connectivity index (χ2v) is 11.4. The average Bonchev–Trinajstić information content (AvgIpc) is 2.65. The molecule has 1 heterocycles. The van der Waals surface area contributed by atoms with Gasteiger partial charge in [-0.05, 0) is 37.3 Å². The molecule has 1 aromatic carbocycles. The van der Waals surface area contributed by atoms with Crippen LogP contribution in [0.2, 0.25) is 18.1 Å². The molecule has 1 aromatic rings. The van der Waals surface area contributed by atoms with E-state index < -0.39 is 20.4 Å². The summed E-state index contributed by atoms with van der Waals surface area (Å²) in [5, 5.41) is 0. The highest BCUT2D eigenvalue weighted by Crippen LogP contribution is 2.32. The smallest absolute Gasteiger partial charge is 0.200 e. The van der Waals surface area contributed by atoms with Crippen molar-refractivity contribution in [2.24, 2.45) is 5.92 Å². The molecule has 0 unspecified atom stereocenters. The molecule has 2 rings (SSSR count). The summed E-state index contributed by atoms with van der Waals surface area (Å²) in [7, 11) is -0.413. The second kappa shape index (κ2) is 11.7. The zero-order valence-corrected chi connectivity index (χ0v) is 17.8. The van der Waals surface area contributed by atoms with E-state index in [0.717, 1.165) is 18.8 Å². The molecule has 1 aliphatic rings. The van der Waals surface area contributed by atoms with E-state index in [2.05, 4.69) is 6.92 Å². The monoisotopic (exact) mass is 382 g/mol. The van der Waals surface area contributed by atoms with E-state index in [1.165, 1.54) is 50.6 Å². The van der Waals surface area contributed by atoms with E-state index >= 15 is 0 Å². The van der Waals surface area contributed by atoms with Crippen LogP contribution in [0.15, 0.2) is 12.1 Å². The van der Waals surface area contributed by atoms with Crippen molar-refractivity contribution in [3.05, 3.63) is 29.3 Å². The van der Waals surface area contributed by atoms with Crippen molar-refractivity contribution in [3.8, 4) is 5.75 Å². The maximum absolute atomic E-state index is 14.1. The van der Waals surface area contributed by atoms with E-state index in [4.69, 9.17) is 4.74 Å². The van der Waals surface area contributed by atoms with Crippen LogP contribution in [0, 0.1) is 17.6 Å². The summed E-state index contributed by atoms with van der Waals surface area (Å²) in [5.74, 6) is -0.661. The van der Waals surface area contributed by atoms with Crippen LogP contribution < -0.4 is 4.74 Å². The van der Waals surface area contributed by atoms with Crippen LogP contribution >= 0.6 is 0 Å². The summed E-state index contributed by atoms with van der Waals surface area (Å²) in [6, 6.07) is 7.86. The van der Waals surface area contributed by atoms with Crippen LogP contribution in [0.25, 0.3) is 0 Å². The fourth-order valence-electron chi connectivity index (χ4n) is 4.27. The SMILES string of the molecule is CCCCC[Si@H]1CC[C@H](CCCCc2ccc(OCC)c(F)c2F)CC1. The normalized spacial score (nSPS) is 20.3. The third-order valence-corrected chi connectivity index (χ3v) is 9.44. The van der Waals surface area contributed by atoms with E-state index in [9.17, 15) is 8.78 Å². The molecule has 0 atom stereocenters. The Labute approximate surface area is 160 Å². The van der Waals surface area contributed by atoms with Gasteiger partial charge in [0.05, 0.1) is 6.61 Å². The van der Waals surface area contributed by atoms with Crippen molar-refractivity contribution >= 4 is 8.80 Å². The molecule has 148 valence electrons. The molecule has 0 aromatic heterocycles. The highest BCUT2D eigenvalue weighted by molar-refractivity contribution is 6.58. The fourth-order valence-corrected chi connectivity index (χ4v) is 7.89. The topological polar surface area (TPSA) is 9.23 Å². The molecule has 0 radical (unpaired) electrons. The lowest BCUT2D eigenvalue weighted by Gasteiger charge is -2.27. The van der Waals surface area contributed by atoms with E-state index in [1.807, 2.05) is 0 Å². The van der Waals surface area contributed by atoms with Crippen LogP contribution in [-0.2, 0) is 6.42 Å². The Balaban J connectivity index is 1.65. The minimum absolute atomic E-state index is 0.0219. The van der Waals surface area contributed by atoms with Crippen molar-refractivity contribution < 1.29 is 13.5 Å². The molecule has 1 saturated heterocycles. The third-order valence-electron chi connectivity index (χ3n) is 5.92. The highest BCUT2D eigenvalue weighted by Gasteiger charge is 2.21. The van der Waals surface area contributed by atoms with Crippen LogP contribution in [0.1, 0.15) is 70.8 Å². The molecule has 4 heteroatoms. The Morgan fingerprint density at radius 2 is 1.77 bits per heavy atom. The predicted octanol–water partition coefficient (Wildman–Crippen LogP) is 6.90. The second-order valence-electron chi connectivity index (χ2n) is 7.91. The van der Waals surface area contributed by atoms with Crippen molar-refractivity contribution in [2.45, 2.75) is 89.8 Å². The first-order valence-electron chi connectivity index (χ1n) is 10.7. The standard InChI is InChI=1S/C22H36F2OSi/c1-3-5-8-15-26-16-13-18(14-17-26)9-6-7-10-19-11-12-20(25-4-2)22(24)21(19)23/h11-12,18,26H,3-10,13-17H2,1-2H3/t18-,26-. The predicted molar refractivity (Wildman–Crippen MR) is 109 cm³/mol. The molecule has 26 heavy (non-hydrogen) atoms. The van der Waals surface area contributed by atoms with E-state index in [0.29, 0.717) is 18.6 Å². The van der Waals surface area contributed by atoms with Crippen molar-refractivity contribution in [1.29, 1.82) is 0 Å². The number of rotatable bonds is 11. The molecule has 0 N–H and O–H groups in total. The molecular formula is C22H36F2OSi. The summed E-state index contributed by atoms with van der Waals surface area (Å²) in [6.45, 7) is 4.40. The van der Waals surface area contributed by atoms with Gasteiger partial charge in [0.1, 0.15) is 0 Å². The highest BCUT2D eigenvalue weighted by atomic mass is 28.3. The number of halogens is 2. The molecular weight excluding hydrogens is 346 g/mol. The van der Waals surface area contributed by atoms with Crippen LogP contribution in [-0.4, -0.2) is 15.4 Å². The first-order chi connectivity index (χ1) is 12.7. The van der Waals surface area contributed by atoms with E-state index in [1.54, 1.807) is 25.1 Å². The number of hydrogen-bond donors (Lipinski definition) is 0.